The molecule has 3 aromatic rings. The van der Waals surface area contributed by atoms with E-state index >= 15 is 0 Å². The first-order valence-corrected chi connectivity index (χ1v) is 5.87. The van der Waals surface area contributed by atoms with Crippen molar-refractivity contribution in [2.75, 3.05) is 0 Å². The van der Waals surface area contributed by atoms with Crippen LogP contribution in [-0.4, -0.2) is 20.2 Å². The number of aromatic nitrogens is 2. The molecule has 3 N–H and O–H groups in total. The largest absolute Gasteiger partial charge is 0.504 e. The Morgan fingerprint density at radius 1 is 0.842 bits per heavy atom. The minimum atomic E-state index is -0.151. The normalized spacial score (nSPS) is 10.5. The molecule has 19 heavy (non-hydrogen) atoms. The first kappa shape index (κ1) is 11.3. The van der Waals surface area contributed by atoms with Gasteiger partial charge < -0.3 is 15.2 Å². The van der Waals surface area contributed by atoms with Gasteiger partial charge in [0.2, 0.25) is 0 Å². The summed E-state index contributed by atoms with van der Waals surface area (Å²) in [4.78, 5) is 7.57. The molecule has 2 aromatic carbocycles. The average molecular weight is 252 g/mol. The van der Waals surface area contributed by atoms with Crippen LogP contribution in [0.2, 0.25) is 0 Å². The maximum absolute atomic E-state index is 9.50. The SMILES string of the molecule is Oc1ccc(-c2c[nH]c(-c3ccccc3)n2)cc1O. The molecule has 1 aromatic heterocycles. The third-order valence-electron chi connectivity index (χ3n) is 2.90. The smallest absolute Gasteiger partial charge is 0.158 e. The molecule has 0 saturated carbocycles. The van der Waals surface area contributed by atoms with Gasteiger partial charge in [0.1, 0.15) is 5.82 Å². The third kappa shape index (κ3) is 2.15. The van der Waals surface area contributed by atoms with Crippen LogP contribution in [0, 0.1) is 0 Å². The Morgan fingerprint density at radius 3 is 2.37 bits per heavy atom. The summed E-state index contributed by atoms with van der Waals surface area (Å²) in [6.45, 7) is 0. The number of aromatic amines is 1. The van der Waals surface area contributed by atoms with Gasteiger partial charge in [0.05, 0.1) is 5.69 Å². The van der Waals surface area contributed by atoms with Crippen molar-refractivity contribution in [3.63, 3.8) is 0 Å². The standard InChI is InChI=1S/C15H12N2O2/c18-13-7-6-11(8-14(13)19)12-9-16-15(17-12)10-4-2-1-3-5-10/h1-9,18-19H,(H,16,17). The Hall–Kier alpha value is -2.75. The molecule has 0 radical (unpaired) electrons. The van der Waals surface area contributed by atoms with Gasteiger partial charge >= 0.3 is 0 Å². The molecule has 0 saturated heterocycles. The first-order valence-electron chi connectivity index (χ1n) is 5.87. The van der Waals surface area contributed by atoms with Crippen molar-refractivity contribution in [2.24, 2.45) is 0 Å². The molecule has 0 unspecified atom stereocenters. The number of phenols is 2. The topological polar surface area (TPSA) is 69.1 Å². The number of rotatable bonds is 2. The number of phenolic OH excluding ortho intramolecular Hbond substituents is 2. The number of H-pyrrole nitrogens is 1. The van der Waals surface area contributed by atoms with Crippen molar-refractivity contribution in [2.45, 2.75) is 0 Å². The number of aromatic hydroxyl groups is 2. The molecule has 94 valence electrons. The summed E-state index contributed by atoms with van der Waals surface area (Å²) in [5, 5.41) is 18.8. The Kier molecular flexibility index (Phi) is 2.68. The van der Waals surface area contributed by atoms with Gasteiger partial charge in [0.15, 0.2) is 11.5 Å². The molecule has 3 rings (SSSR count). The molecule has 4 heteroatoms. The van der Waals surface area contributed by atoms with E-state index in [1.807, 2.05) is 30.3 Å². The van der Waals surface area contributed by atoms with E-state index in [-0.39, 0.29) is 11.5 Å². The van der Waals surface area contributed by atoms with Gasteiger partial charge in [-0.2, -0.15) is 0 Å². The number of benzene rings is 2. The number of imidazole rings is 1. The van der Waals surface area contributed by atoms with Gasteiger partial charge in [-0.15, -0.1) is 0 Å². The highest BCUT2D eigenvalue weighted by Crippen LogP contribution is 2.30. The number of hydrogen-bond donors (Lipinski definition) is 3. The van der Waals surface area contributed by atoms with E-state index in [0.29, 0.717) is 5.69 Å². The fraction of sp³-hybridized carbons (Fsp3) is 0. The third-order valence-corrected chi connectivity index (χ3v) is 2.90. The highest BCUT2D eigenvalue weighted by molar-refractivity contribution is 5.66. The first-order chi connectivity index (χ1) is 9.24. The van der Waals surface area contributed by atoms with Crippen LogP contribution in [0.3, 0.4) is 0 Å². The summed E-state index contributed by atoms with van der Waals surface area (Å²) in [6, 6.07) is 14.4. The Balaban J connectivity index is 1.99. The maximum Gasteiger partial charge on any atom is 0.158 e. The van der Waals surface area contributed by atoms with Crippen LogP contribution in [-0.2, 0) is 0 Å². The minimum Gasteiger partial charge on any atom is -0.504 e. The van der Waals surface area contributed by atoms with Crippen LogP contribution in [0.1, 0.15) is 0 Å². The van der Waals surface area contributed by atoms with Crippen molar-refractivity contribution in [1.29, 1.82) is 0 Å². The van der Waals surface area contributed by atoms with Gasteiger partial charge in [0, 0.05) is 17.3 Å². The highest BCUT2D eigenvalue weighted by Gasteiger charge is 2.07. The molecular weight excluding hydrogens is 240 g/mol. The van der Waals surface area contributed by atoms with Crippen LogP contribution in [0.15, 0.2) is 54.7 Å². The molecule has 0 bridgehead atoms. The van der Waals surface area contributed by atoms with Crippen molar-refractivity contribution in [1.82, 2.24) is 9.97 Å². The predicted octanol–water partition coefficient (Wildman–Crippen LogP) is 3.15. The van der Waals surface area contributed by atoms with Gasteiger partial charge in [-0.05, 0) is 18.2 Å². The van der Waals surface area contributed by atoms with Crippen LogP contribution in [0.4, 0.5) is 0 Å². The Bertz CT molecular complexity index is 705. The minimum absolute atomic E-state index is 0.137. The van der Waals surface area contributed by atoms with E-state index in [2.05, 4.69) is 9.97 Å². The second-order valence-corrected chi connectivity index (χ2v) is 4.20. The molecule has 0 amide bonds. The number of hydrogen-bond acceptors (Lipinski definition) is 3. The van der Waals surface area contributed by atoms with Crippen molar-refractivity contribution in [3.05, 3.63) is 54.7 Å². The summed E-state index contributed by atoms with van der Waals surface area (Å²) in [5.74, 6) is 0.479. The fourth-order valence-corrected chi connectivity index (χ4v) is 1.90. The second-order valence-electron chi connectivity index (χ2n) is 4.20. The van der Waals surface area contributed by atoms with E-state index in [9.17, 15) is 10.2 Å². The second kappa shape index (κ2) is 4.49. The van der Waals surface area contributed by atoms with Crippen LogP contribution in [0.5, 0.6) is 11.5 Å². The van der Waals surface area contributed by atoms with E-state index in [4.69, 9.17) is 0 Å². The predicted molar refractivity (Wildman–Crippen MR) is 72.8 cm³/mol. The summed E-state index contributed by atoms with van der Waals surface area (Å²) in [6.07, 6.45) is 1.77. The van der Waals surface area contributed by atoms with Gasteiger partial charge in [-0.1, -0.05) is 30.3 Å². The summed E-state index contributed by atoms with van der Waals surface area (Å²) >= 11 is 0. The molecule has 0 fully saturated rings. The molecule has 0 aliphatic heterocycles. The lowest BCUT2D eigenvalue weighted by Crippen LogP contribution is -1.80. The highest BCUT2D eigenvalue weighted by atomic mass is 16.3. The molecule has 1 heterocycles. The van der Waals surface area contributed by atoms with Crippen molar-refractivity contribution in [3.8, 4) is 34.1 Å². The molecular formula is C15H12N2O2. The van der Waals surface area contributed by atoms with Crippen molar-refractivity contribution >= 4 is 0 Å². The number of nitrogens with one attached hydrogen (secondary N) is 1. The molecule has 0 spiro atoms. The van der Waals surface area contributed by atoms with E-state index in [1.165, 1.54) is 12.1 Å². The zero-order chi connectivity index (χ0) is 13.2. The van der Waals surface area contributed by atoms with E-state index < -0.39 is 0 Å². The van der Waals surface area contributed by atoms with Gasteiger partial charge in [0.25, 0.3) is 0 Å². The van der Waals surface area contributed by atoms with E-state index in [1.54, 1.807) is 12.3 Å². The van der Waals surface area contributed by atoms with Crippen LogP contribution >= 0.6 is 0 Å². The Labute approximate surface area is 110 Å². The maximum atomic E-state index is 9.50. The lowest BCUT2D eigenvalue weighted by atomic mass is 10.1. The quantitative estimate of drug-likeness (QED) is 0.613. The fourth-order valence-electron chi connectivity index (χ4n) is 1.90. The lowest BCUT2D eigenvalue weighted by molar-refractivity contribution is 0.404. The summed E-state index contributed by atoms with van der Waals surface area (Å²) in [7, 11) is 0. The average Bonchev–Trinajstić information content (AvgIpc) is 2.93. The van der Waals surface area contributed by atoms with Crippen LogP contribution < -0.4 is 0 Å². The zero-order valence-electron chi connectivity index (χ0n) is 10.0. The molecule has 4 nitrogen and oxygen atoms in total. The van der Waals surface area contributed by atoms with Gasteiger partial charge in [-0.3, -0.25) is 0 Å². The summed E-state index contributed by atoms with van der Waals surface area (Å²) < 4.78 is 0. The van der Waals surface area contributed by atoms with E-state index in [0.717, 1.165) is 17.0 Å². The monoisotopic (exact) mass is 252 g/mol. The number of nitrogens with zero attached hydrogens (tertiary/aromatic N) is 1. The van der Waals surface area contributed by atoms with Gasteiger partial charge in [-0.25, -0.2) is 4.98 Å². The zero-order valence-corrected chi connectivity index (χ0v) is 10.0. The molecule has 0 aliphatic rings. The molecule has 0 atom stereocenters. The van der Waals surface area contributed by atoms with Crippen LogP contribution in [0.25, 0.3) is 22.6 Å². The van der Waals surface area contributed by atoms with Crippen molar-refractivity contribution < 1.29 is 10.2 Å². The lowest BCUT2D eigenvalue weighted by Gasteiger charge is -2.00. The molecule has 0 aliphatic carbocycles. The summed E-state index contributed by atoms with van der Waals surface area (Å²) in [5.41, 5.74) is 2.46. The Morgan fingerprint density at radius 2 is 1.63 bits per heavy atom.